The summed E-state index contributed by atoms with van der Waals surface area (Å²) in [6, 6.07) is 5.32. The first kappa shape index (κ1) is 15.8. The SMILES string of the molecule is C=C(C)C(=O)n1ccc(N2CCOc3cc(C=O)[nH]c32)cc1=NC. The quantitative estimate of drug-likeness (QED) is 0.690. The Morgan fingerprint density at radius 3 is 2.92 bits per heavy atom. The lowest BCUT2D eigenvalue weighted by Gasteiger charge is -2.28. The van der Waals surface area contributed by atoms with Crippen molar-refractivity contribution in [3.63, 3.8) is 0 Å². The lowest BCUT2D eigenvalue weighted by atomic mass is 10.2. The number of nitrogens with zero attached hydrogens (tertiary/aromatic N) is 3. The highest BCUT2D eigenvalue weighted by atomic mass is 16.5. The van der Waals surface area contributed by atoms with Crippen molar-refractivity contribution in [3.05, 3.63) is 47.7 Å². The first-order chi connectivity index (χ1) is 11.5. The Morgan fingerprint density at radius 2 is 2.25 bits per heavy atom. The molecule has 2 aromatic heterocycles. The predicted molar refractivity (Wildman–Crippen MR) is 90.0 cm³/mol. The molecule has 0 fully saturated rings. The molecule has 0 saturated carbocycles. The molecule has 1 aliphatic rings. The summed E-state index contributed by atoms with van der Waals surface area (Å²) in [5.41, 5.74) is 2.27. The van der Waals surface area contributed by atoms with Crippen LogP contribution in [0.15, 0.2) is 41.5 Å². The van der Waals surface area contributed by atoms with Crippen molar-refractivity contribution in [3.8, 4) is 5.75 Å². The molecule has 24 heavy (non-hydrogen) atoms. The number of carbonyl (C=O) groups is 2. The molecule has 0 atom stereocenters. The molecular formula is C17H18N4O3. The fraction of sp³-hybridized carbons (Fsp3) is 0.235. The maximum absolute atomic E-state index is 12.2. The van der Waals surface area contributed by atoms with Crippen molar-refractivity contribution >= 4 is 23.7 Å². The molecule has 0 aliphatic carbocycles. The summed E-state index contributed by atoms with van der Waals surface area (Å²) >= 11 is 0. The summed E-state index contributed by atoms with van der Waals surface area (Å²) in [4.78, 5) is 32.4. The zero-order valence-corrected chi connectivity index (χ0v) is 13.6. The van der Waals surface area contributed by atoms with Crippen LogP contribution in [0.3, 0.4) is 0 Å². The summed E-state index contributed by atoms with van der Waals surface area (Å²) in [5.74, 6) is 1.15. The van der Waals surface area contributed by atoms with E-state index in [1.54, 1.807) is 26.2 Å². The van der Waals surface area contributed by atoms with Crippen molar-refractivity contribution in [1.29, 1.82) is 0 Å². The van der Waals surface area contributed by atoms with Crippen LogP contribution in [0.5, 0.6) is 5.75 Å². The maximum atomic E-state index is 12.2. The van der Waals surface area contributed by atoms with Crippen LogP contribution in [0.2, 0.25) is 0 Å². The minimum atomic E-state index is -0.201. The molecule has 0 saturated heterocycles. The third-order valence-corrected chi connectivity index (χ3v) is 3.79. The lowest BCUT2D eigenvalue weighted by molar-refractivity contribution is 0.0950. The average Bonchev–Trinajstić information content (AvgIpc) is 3.03. The Kier molecular flexibility index (Phi) is 4.07. The number of aldehydes is 1. The number of fused-ring (bicyclic) bond motifs is 1. The van der Waals surface area contributed by atoms with Crippen LogP contribution >= 0.6 is 0 Å². The standard InChI is InChI=1S/C17H18N4O3/c1-11(2)17(23)21-5-4-13(9-15(21)18-3)20-6-7-24-14-8-12(10-22)19-16(14)20/h4-5,8-10,19H,1,6-7H2,2-3H3. The van der Waals surface area contributed by atoms with E-state index in [0.717, 1.165) is 17.8 Å². The summed E-state index contributed by atoms with van der Waals surface area (Å²) < 4.78 is 7.04. The summed E-state index contributed by atoms with van der Waals surface area (Å²) in [7, 11) is 1.63. The third-order valence-electron chi connectivity index (χ3n) is 3.79. The van der Waals surface area contributed by atoms with Crippen LogP contribution in [0.25, 0.3) is 0 Å². The van der Waals surface area contributed by atoms with Crippen molar-refractivity contribution in [2.75, 3.05) is 25.1 Å². The molecule has 7 heteroatoms. The number of anilines is 2. The van der Waals surface area contributed by atoms with Gasteiger partial charge in [0.1, 0.15) is 12.1 Å². The van der Waals surface area contributed by atoms with Gasteiger partial charge in [-0.05, 0) is 13.0 Å². The van der Waals surface area contributed by atoms with Crippen molar-refractivity contribution in [2.24, 2.45) is 4.99 Å². The summed E-state index contributed by atoms with van der Waals surface area (Å²) in [5, 5.41) is 0. The third kappa shape index (κ3) is 2.64. The Hall–Kier alpha value is -3.09. The second kappa shape index (κ2) is 6.19. The van der Waals surface area contributed by atoms with Gasteiger partial charge in [-0.1, -0.05) is 6.58 Å². The van der Waals surface area contributed by atoms with Gasteiger partial charge in [-0.2, -0.15) is 0 Å². The summed E-state index contributed by atoms with van der Waals surface area (Å²) in [6.07, 6.45) is 2.42. The summed E-state index contributed by atoms with van der Waals surface area (Å²) in [6.45, 7) is 6.47. The molecule has 0 amide bonds. The van der Waals surface area contributed by atoms with Crippen molar-refractivity contribution in [2.45, 2.75) is 6.92 Å². The molecule has 7 nitrogen and oxygen atoms in total. The predicted octanol–water partition coefficient (Wildman–Crippen LogP) is 1.91. The molecular weight excluding hydrogens is 308 g/mol. The molecule has 0 aromatic carbocycles. The monoisotopic (exact) mass is 326 g/mol. The largest absolute Gasteiger partial charge is 0.488 e. The molecule has 2 aromatic rings. The second-order valence-electron chi connectivity index (χ2n) is 5.48. The van der Waals surface area contributed by atoms with Crippen LogP contribution < -0.4 is 15.1 Å². The zero-order valence-electron chi connectivity index (χ0n) is 13.6. The fourth-order valence-corrected chi connectivity index (χ4v) is 2.63. The first-order valence-electron chi connectivity index (χ1n) is 7.49. The fourth-order valence-electron chi connectivity index (χ4n) is 2.63. The van der Waals surface area contributed by atoms with Crippen LogP contribution in [0, 0.1) is 0 Å². The molecule has 124 valence electrons. The maximum Gasteiger partial charge on any atom is 0.258 e. The highest BCUT2D eigenvalue weighted by Gasteiger charge is 2.23. The van der Waals surface area contributed by atoms with Gasteiger partial charge in [-0.25, -0.2) is 0 Å². The number of rotatable bonds is 3. The molecule has 0 spiro atoms. The highest BCUT2D eigenvalue weighted by Crippen LogP contribution is 2.35. The van der Waals surface area contributed by atoms with Crippen molar-refractivity contribution < 1.29 is 14.3 Å². The molecule has 1 aliphatic heterocycles. The highest BCUT2D eigenvalue weighted by molar-refractivity contribution is 5.94. The molecule has 3 rings (SSSR count). The number of ether oxygens (including phenoxy) is 1. The second-order valence-corrected chi connectivity index (χ2v) is 5.48. The van der Waals surface area contributed by atoms with Crippen LogP contribution in [-0.2, 0) is 0 Å². The van der Waals surface area contributed by atoms with E-state index in [2.05, 4.69) is 16.6 Å². The lowest BCUT2D eigenvalue weighted by Crippen LogP contribution is -2.32. The zero-order chi connectivity index (χ0) is 17.3. The number of pyridine rings is 1. The van der Waals surface area contributed by atoms with Gasteiger partial charge in [0.15, 0.2) is 17.9 Å². The van der Waals surface area contributed by atoms with Crippen molar-refractivity contribution in [1.82, 2.24) is 9.55 Å². The van der Waals surface area contributed by atoms with Gasteiger partial charge in [-0.3, -0.25) is 19.1 Å². The normalized spacial score (nSPS) is 14.1. The topological polar surface area (TPSA) is 79.7 Å². The number of allylic oxidation sites excluding steroid dienone is 1. The minimum absolute atomic E-state index is 0.201. The van der Waals surface area contributed by atoms with E-state index in [9.17, 15) is 9.59 Å². The number of nitrogens with one attached hydrogen (secondary N) is 1. The molecule has 0 unspecified atom stereocenters. The van der Waals surface area contributed by atoms with Gasteiger partial charge in [0, 0.05) is 36.6 Å². The van der Waals surface area contributed by atoms with E-state index in [1.165, 1.54) is 4.57 Å². The van der Waals surface area contributed by atoms with E-state index >= 15 is 0 Å². The van der Waals surface area contributed by atoms with E-state index in [4.69, 9.17) is 4.74 Å². The smallest absolute Gasteiger partial charge is 0.258 e. The minimum Gasteiger partial charge on any atom is -0.488 e. The number of aromatic amines is 1. The van der Waals surface area contributed by atoms with E-state index < -0.39 is 0 Å². The number of H-pyrrole nitrogens is 1. The number of carbonyl (C=O) groups excluding carboxylic acids is 2. The van der Waals surface area contributed by atoms with Gasteiger partial charge in [0.25, 0.3) is 5.91 Å². The molecule has 0 radical (unpaired) electrons. The van der Waals surface area contributed by atoms with Crippen LogP contribution in [0.4, 0.5) is 11.5 Å². The van der Waals surface area contributed by atoms with Crippen LogP contribution in [-0.4, -0.2) is 41.9 Å². The molecule has 3 heterocycles. The first-order valence-corrected chi connectivity index (χ1v) is 7.49. The van der Waals surface area contributed by atoms with E-state index in [0.29, 0.717) is 35.7 Å². The molecule has 0 bridgehead atoms. The average molecular weight is 326 g/mol. The van der Waals surface area contributed by atoms with Gasteiger partial charge in [0.05, 0.1) is 12.2 Å². The van der Waals surface area contributed by atoms with Crippen LogP contribution in [0.1, 0.15) is 22.2 Å². The Balaban J connectivity index is 2.06. The van der Waals surface area contributed by atoms with Gasteiger partial charge in [-0.15, -0.1) is 0 Å². The number of aromatic nitrogens is 2. The molecule has 1 N–H and O–H groups in total. The van der Waals surface area contributed by atoms with Gasteiger partial charge in [0.2, 0.25) is 0 Å². The Morgan fingerprint density at radius 1 is 1.46 bits per heavy atom. The van der Waals surface area contributed by atoms with E-state index in [-0.39, 0.29) is 5.91 Å². The number of hydrogen-bond donors (Lipinski definition) is 1. The Bertz CT molecular complexity index is 891. The van der Waals surface area contributed by atoms with E-state index in [1.807, 2.05) is 17.0 Å². The number of hydrogen-bond acceptors (Lipinski definition) is 5. The Labute approximate surface area is 138 Å². The van der Waals surface area contributed by atoms with Gasteiger partial charge < -0.3 is 14.6 Å². The van der Waals surface area contributed by atoms with Gasteiger partial charge >= 0.3 is 0 Å².